The molecule has 0 spiro atoms. The van der Waals surface area contributed by atoms with Crippen LogP contribution in [0, 0.1) is 0 Å². The molecule has 0 saturated heterocycles. The standard InChI is InChI=1S/C10H7BrF3N3/c1-17-8(15-9(11)16-17)6-2-4-7(5-3-6)10(12,13)14/h2-5H,1H3. The molecule has 1 aromatic heterocycles. The molecule has 0 bridgehead atoms. The lowest BCUT2D eigenvalue weighted by Crippen LogP contribution is -2.04. The number of aryl methyl sites for hydroxylation is 1. The molecule has 0 radical (unpaired) electrons. The molecular weight excluding hydrogens is 299 g/mol. The number of aromatic nitrogens is 3. The molecule has 0 unspecified atom stereocenters. The lowest BCUT2D eigenvalue weighted by Gasteiger charge is -2.06. The van der Waals surface area contributed by atoms with Crippen molar-refractivity contribution in [3.8, 4) is 11.4 Å². The summed E-state index contributed by atoms with van der Waals surface area (Å²) in [5.41, 5.74) is -0.0961. The molecule has 0 aliphatic rings. The largest absolute Gasteiger partial charge is 0.416 e. The van der Waals surface area contributed by atoms with Gasteiger partial charge in [0.1, 0.15) is 0 Å². The van der Waals surface area contributed by atoms with Gasteiger partial charge in [0.25, 0.3) is 0 Å². The Kier molecular flexibility index (Phi) is 2.94. The number of hydrogen-bond donors (Lipinski definition) is 0. The van der Waals surface area contributed by atoms with Gasteiger partial charge in [0.2, 0.25) is 4.73 Å². The Bertz CT molecular complexity index is 531. The first-order valence-corrected chi connectivity index (χ1v) is 5.41. The van der Waals surface area contributed by atoms with E-state index in [4.69, 9.17) is 0 Å². The third-order valence-corrected chi connectivity index (χ3v) is 2.54. The maximum atomic E-state index is 12.4. The molecule has 3 nitrogen and oxygen atoms in total. The second-order valence-electron chi connectivity index (χ2n) is 3.40. The van der Waals surface area contributed by atoms with Gasteiger partial charge < -0.3 is 0 Å². The molecule has 1 heterocycles. The van der Waals surface area contributed by atoms with Crippen LogP contribution in [0.5, 0.6) is 0 Å². The summed E-state index contributed by atoms with van der Waals surface area (Å²) in [7, 11) is 1.67. The van der Waals surface area contributed by atoms with Gasteiger partial charge in [0.15, 0.2) is 5.82 Å². The maximum Gasteiger partial charge on any atom is 0.416 e. The number of nitrogens with zero attached hydrogens (tertiary/aromatic N) is 3. The van der Waals surface area contributed by atoms with E-state index in [1.54, 1.807) is 7.05 Å². The number of halogens is 4. The molecule has 17 heavy (non-hydrogen) atoms. The van der Waals surface area contributed by atoms with Crippen LogP contribution < -0.4 is 0 Å². The highest BCUT2D eigenvalue weighted by Gasteiger charge is 2.30. The maximum absolute atomic E-state index is 12.4. The van der Waals surface area contributed by atoms with Gasteiger partial charge in [-0.3, -0.25) is 0 Å². The lowest BCUT2D eigenvalue weighted by molar-refractivity contribution is -0.137. The van der Waals surface area contributed by atoms with Crippen molar-refractivity contribution in [2.45, 2.75) is 6.18 Å². The van der Waals surface area contributed by atoms with Gasteiger partial charge in [0, 0.05) is 12.6 Å². The minimum absolute atomic E-state index is 0.398. The smallest absolute Gasteiger partial charge is 0.248 e. The molecule has 90 valence electrons. The van der Waals surface area contributed by atoms with Crippen molar-refractivity contribution in [3.05, 3.63) is 34.6 Å². The molecule has 0 aliphatic heterocycles. The van der Waals surface area contributed by atoms with Crippen LogP contribution in [-0.2, 0) is 13.2 Å². The zero-order valence-corrected chi connectivity index (χ0v) is 10.2. The highest BCUT2D eigenvalue weighted by atomic mass is 79.9. The van der Waals surface area contributed by atoms with Gasteiger partial charge in [-0.25, -0.2) is 9.67 Å². The fraction of sp³-hybridized carbons (Fsp3) is 0.200. The monoisotopic (exact) mass is 305 g/mol. The molecule has 7 heteroatoms. The highest BCUT2D eigenvalue weighted by Crippen LogP contribution is 2.30. The van der Waals surface area contributed by atoms with Crippen molar-refractivity contribution in [2.24, 2.45) is 7.05 Å². The summed E-state index contributed by atoms with van der Waals surface area (Å²) in [6, 6.07) is 4.80. The zero-order chi connectivity index (χ0) is 12.6. The van der Waals surface area contributed by atoms with Crippen molar-refractivity contribution >= 4 is 15.9 Å². The fourth-order valence-electron chi connectivity index (χ4n) is 1.41. The third-order valence-electron chi connectivity index (χ3n) is 2.21. The number of hydrogen-bond acceptors (Lipinski definition) is 2. The molecule has 0 saturated carbocycles. The summed E-state index contributed by atoms with van der Waals surface area (Å²) in [5, 5.41) is 3.96. The average molecular weight is 306 g/mol. The molecule has 0 atom stereocenters. The first-order valence-electron chi connectivity index (χ1n) is 4.62. The summed E-state index contributed by atoms with van der Waals surface area (Å²) in [6.07, 6.45) is -4.32. The molecule has 0 N–H and O–H groups in total. The van der Waals surface area contributed by atoms with E-state index in [-0.39, 0.29) is 0 Å². The normalized spacial score (nSPS) is 11.8. The Morgan fingerprint density at radius 1 is 1.18 bits per heavy atom. The van der Waals surface area contributed by atoms with E-state index in [0.717, 1.165) is 12.1 Å². The Hall–Kier alpha value is -1.37. The molecule has 2 rings (SSSR count). The van der Waals surface area contributed by atoms with E-state index < -0.39 is 11.7 Å². The van der Waals surface area contributed by atoms with E-state index in [0.29, 0.717) is 16.1 Å². The van der Waals surface area contributed by atoms with Crippen molar-refractivity contribution in [3.63, 3.8) is 0 Å². The quantitative estimate of drug-likeness (QED) is 0.809. The Morgan fingerprint density at radius 3 is 2.18 bits per heavy atom. The zero-order valence-electron chi connectivity index (χ0n) is 8.66. The second kappa shape index (κ2) is 4.14. The summed E-state index contributed by atoms with van der Waals surface area (Å²) in [5.74, 6) is 0.505. The van der Waals surface area contributed by atoms with Gasteiger partial charge in [0.05, 0.1) is 5.56 Å². The van der Waals surface area contributed by atoms with Crippen LogP contribution in [0.15, 0.2) is 29.0 Å². The molecule has 1 aromatic carbocycles. The predicted octanol–water partition coefficient (Wildman–Crippen LogP) is 3.26. The van der Waals surface area contributed by atoms with Gasteiger partial charge in [-0.05, 0) is 28.1 Å². The van der Waals surface area contributed by atoms with Gasteiger partial charge in [-0.1, -0.05) is 12.1 Å². The Balaban J connectivity index is 2.39. The summed E-state index contributed by atoms with van der Waals surface area (Å²) in [6.45, 7) is 0. The number of alkyl halides is 3. The number of benzene rings is 1. The van der Waals surface area contributed by atoms with Crippen molar-refractivity contribution in [1.82, 2.24) is 14.8 Å². The second-order valence-corrected chi connectivity index (χ2v) is 4.11. The van der Waals surface area contributed by atoms with Crippen LogP contribution in [-0.4, -0.2) is 14.8 Å². The third kappa shape index (κ3) is 2.49. The molecular formula is C10H7BrF3N3. The summed E-state index contributed by atoms with van der Waals surface area (Å²) >= 11 is 3.10. The fourth-order valence-corrected chi connectivity index (χ4v) is 1.82. The predicted molar refractivity (Wildman–Crippen MR) is 59.1 cm³/mol. The van der Waals surface area contributed by atoms with Crippen molar-refractivity contribution in [2.75, 3.05) is 0 Å². The summed E-state index contributed by atoms with van der Waals surface area (Å²) in [4.78, 5) is 4.06. The molecule has 0 fully saturated rings. The van der Waals surface area contributed by atoms with Crippen LogP contribution in [0.4, 0.5) is 13.2 Å². The van der Waals surface area contributed by atoms with E-state index in [9.17, 15) is 13.2 Å². The Labute approximate surface area is 103 Å². The van der Waals surface area contributed by atoms with Crippen LogP contribution >= 0.6 is 15.9 Å². The minimum atomic E-state index is -4.32. The Morgan fingerprint density at radius 2 is 1.76 bits per heavy atom. The SMILES string of the molecule is Cn1nc(Br)nc1-c1ccc(C(F)(F)F)cc1. The van der Waals surface area contributed by atoms with Crippen molar-refractivity contribution in [1.29, 1.82) is 0 Å². The van der Waals surface area contributed by atoms with Gasteiger partial charge >= 0.3 is 6.18 Å². The summed E-state index contributed by atoms with van der Waals surface area (Å²) < 4.78 is 39.0. The van der Waals surface area contributed by atoms with Crippen LogP contribution in [0.25, 0.3) is 11.4 Å². The van der Waals surface area contributed by atoms with E-state index in [1.165, 1.54) is 16.8 Å². The first-order chi connectivity index (χ1) is 7.88. The van der Waals surface area contributed by atoms with Crippen molar-refractivity contribution < 1.29 is 13.2 Å². The molecule has 0 amide bonds. The van der Waals surface area contributed by atoms with E-state index >= 15 is 0 Å². The topological polar surface area (TPSA) is 30.7 Å². The molecule has 2 aromatic rings. The number of rotatable bonds is 1. The van der Waals surface area contributed by atoms with Crippen LogP contribution in [0.3, 0.4) is 0 Å². The average Bonchev–Trinajstić information content (AvgIpc) is 2.57. The first kappa shape index (κ1) is 12.1. The lowest BCUT2D eigenvalue weighted by atomic mass is 10.1. The highest BCUT2D eigenvalue weighted by molar-refractivity contribution is 9.10. The molecule has 0 aliphatic carbocycles. The minimum Gasteiger partial charge on any atom is -0.248 e. The van der Waals surface area contributed by atoms with E-state index in [2.05, 4.69) is 26.0 Å². The van der Waals surface area contributed by atoms with Crippen LogP contribution in [0.1, 0.15) is 5.56 Å². The van der Waals surface area contributed by atoms with E-state index in [1.807, 2.05) is 0 Å². The van der Waals surface area contributed by atoms with Gasteiger partial charge in [-0.15, -0.1) is 5.10 Å². The van der Waals surface area contributed by atoms with Gasteiger partial charge in [-0.2, -0.15) is 13.2 Å². The van der Waals surface area contributed by atoms with Crippen LogP contribution in [0.2, 0.25) is 0 Å².